The van der Waals surface area contributed by atoms with Crippen LogP contribution in [0.3, 0.4) is 0 Å². The maximum Gasteiger partial charge on any atom is 0.326 e. The van der Waals surface area contributed by atoms with Gasteiger partial charge in [0.2, 0.25) is 5.56 Å². The summed E-state index contributed by atoms with van der Waals surface area (Å²) in [7, 11) is 0. The molecule has 8 heteroatoms. The number of H-pyrrole nitrogens is 1. The SMILES string of the molecule is O=C(N[C@H](C(=O)O)[C@H]1CCCOC1)c1cc(=O)[nH]c2cc(F)ccc12. The van der Waals surface area contributed by atoms with E-state index in [1.54, 1.807) is 0 Å². The molecule has 1 aromatic heterocycles. The quantitative estimate of drug-likeness (QED) is 0.771. The molecule has 1 fully saturated rings. The van der Waals surface area contributed by atoms with Crippen LogP contribution in [0.2, 0.25) is 0 Å². The third-order valence-corrected chi connectivity index (χ3v) is 4.27. The van der Waals surface area contributed by atoms with Crippen LogP contribution in [0.1, 0.15) is 23.2 Å². The van der Waals surface area contributed by atoms with Crippen LogP contribution in [-0.2, 0) is 9.53 Å². The molecule has 0 saturated carbocycles. The maximum atomic E-state index is 13.3. The largest absolute Gasteiger partial charge is 0.480 e. The molecule has 0 aliphatic carbocycles. The van der Waals surface area contributed by atoms with Crippen LogP contribution in [0, 0.1) is 11.7 Å². The summed E-state index contributed by atoms with van der Waals surface area (Å²) >= 11 is 0. The number of ether oxygens (including phenoxy) is 1. The molecule has 1 saturated heterocycles. The number of halogens is 1. The van der Waals surface area contributed by atoms with Crippen LogP contribution in [-0.4, -0.2) is 41.2 Å². The summed E-state index contributed by atoms with van der Waals surface area (Å²) in [5.41, 5.74) is -0.400. The fraction of sp³-hybridized carbons (Fsp3) is 0.353. The number of carbonyl (C=O) groups excluding carboxylic acids is 1. The molecule has 1 aliphatic heterocycles. The Morgan fingerprint density at radius 1 is 1.36 bits per heavy atom. The van der Waals surface area contributed by atoms with Crippen LogP contribution in [0.4, 0.5) is 4.39 Å². The van der Waals surface area contributed by atoms with Crippen LogP contribution in [0.15, 0.2) is 29.1 Å². The van der Waals surface area contributed by atoms with Gasteiger partial charge in [-0.25, -0.2) is 9.18 Å². The van der Waals surface area contributed by atoms with Crippen LogP contribution in [0.25, 0.3) is 10.9 Å². The summed E-state index contributed by atoms with van der Waals surface area (Å²) in [6.45, 7) is 0.819. The van der Waals surface area contributed by atoms with E-state index in [2.05, 4.69) is 10.3 Å². The fourth-order valence-corrected chi connectivity index (χ4v) is 3.05. The Morgan fingerprint density at radius 3 is 2.84 bits per heavy atom. The second-order valence-electron chi connectivity index (χ2n) is 6.00. The second kappa shape index (κ2) is 7.02. The fourth-order valence-electron chi connectivity index (χ4n) is 3.05. The number of fused-ring (bicyclic) bond motifs is 1. The van der Waals surface area contributed by atoms with Crippen molar-refractivity contribution in [3.63, 3.8) is 0 Å². The minimum absolute atomic E-state index is 0.00160. The molecule has 3 rings (SSSR count). The lowest BCUT2D eigenvalue weighted by Gasteiger charge is -2.28. The lowest BCUT2D eigenvalue weighted by molar-refractivity contribution is -0.142. The van der Waals surface area contributed by atoms with Crippen molar-refractivity contribution < 1.29 is 23.8 Å². The zero-order valence-electron chi connectivity index (χ0n) is 13.3. The molecule has 1 aliphatic rings. The summed E-state index contributed by atoms with van der Waals surface area (Å²) in [4.78, 5) is 38.3. The van der Waals surface area contributed by atoms with E-state index in [1.165, 1.54) is 12.1 Å². The topological polar surface area (TPSA) is 108 Å². The summed E-state index contributed by atoms with van der Waals surface area (Å²) in [5, 5.41) is 12.2. The van der Waals surface area contributed by atoms with E-state index < -0.39 is 29.3 Å². The second-order valence-corrected chi connectivity index (χ2v) is 6.00. The minimum atomic E-state index is -1.16. The molecule has 0 bridgehead atoms. The van der Waals surface area contributed by atoms with E-state index >= 15 is 0 Å². The number of hydrogen-bond donors (Lipinski definition) is 3. The molecule has 1 aromatic carbocycles. The van der Waals surface area contributed by atoms with Crippen molar-refractivity contribution in [1.82, 2.24) is 10.3 Å². The maximum absolute atomic E-state index is 13.3. The van der Waals surface area contributed by atoms with E-state index in [0.29, 0.717) is 18.4 Å². The Balaban J connectivity index is 1.93. The summed E-state index contributed by atoms with van der Waals surface area (Å²) in [6, 6.07) is 3.60. The van der Waals surface area contributed by atoms with Crippen molar-refractivity contribution >= 4 is 22.8 Å². The molecule has 1 amide bonds. The van der Waals surface area contributed by atoms with Gasteiger partial charge in [-0.15, -0.1) is 0 Å². The standard InChI is InChI=1S/C17H17FN2O5/c18-10-3-4-11-12(7-14(21)19-13(11)6-10)16(22)20-15(17(23)24)9-2-1-5-25-8-9/h3-4,6-7,9,15H,1-2,5,8H2,(H,19,21)(H,20,22)(H,23,24)/t9-,15-/m0/s1. The zero-order chi connectivity index (χ0) is 18.0. The molecule has 2 atom stereocenters. The molecule has 2 aromatic rings. The highest BCUT2D eigenvalue weighted by atomic mass is 19.1. The lowest BCUT2D eigenvalue weighted by Crippen LogP contribution is -2.48. The number of aromatic amines is 1. The number of nitrogens with one attached hydrogen (secondary N) is 2. The Labute approximate surface area is 141 Å². The molecule has 2 heterocycles. The van der Waals surface area contributed by atoms with E-state index in [0.717, 1.165) is 18.6 Å². The first-order chi connectivity index (χ1) is 12.0. The average Bonchev–Trinajstić information content (AvgIpc) is 2.58. The first kappa shape index (κ1) is 17.1. The molecular formula is C17H17FN2O5. The Bertz CT molecular complexity index is 873. The van der Waals surface area contributed by atoms with Crippen molar-refractivity contribution in [1.29, 1.82) is 0 Å². The van der Waals surface area contributed by atoms with Gasteiger partial charge in [-0.2, -0.15) is 0 Å². The highest BCUT2D eigenvalue weighted by Crippen LogP contribution is 2.20. The third-order valence-electron chi connectivity index (χ3n) is 4.27. The van der Waals surface area contributed by atoms with Crippen LogP contribution in [0.5, 0.6) is 0 Å². The summed E-state index contributed by atoms with van der Waals surface area (Å²) in [6.07, 6.45) is 1.34. The molecule has 25 heavy (non-hydrogen) atoms. The molecule has 3 N–H and O–H groups in total. The molecule has 0 radical (unpaired) electrons. The smallest absolute Gasteiger partial charge is 0.326 e. The average molecular weight is 348 g/mol. The number of aliphatic carboxylic acids is 1. The van der Waals surface area contributed by atoms with E-state index in [9.17, 15) is 23.9 Å². The van der Waals surface area contributed by atoms with Gasteiger partial charge in [0.05, 0.1) is 17.7 Å². The highest BCUT2D eigenvalue weighted by molar-refractivity contribution is 6.07. The van der Waals surface area contributed by atoms with Gasteiger partial charge < -0.3 is 20.1 Å². The number of hydrogen-bond acceptors (Lipinski definition) is 4. The molecule has 132 valence electrons. The van der Waals surface area contributed by atoms with Gasteiger partial charge >= 0.3 is 5.97 Å². The summed E-state index contributed by atoms with van der Waals surface area (Å²) < 4.78 is 18.6. The molecule has 7 nitrogen and oxygen atoms in total. The summed E-state index contributed by atoms with van der Waals surface area (Å²) in [5.74, 6) is -2.76. The number of benzene rings is 1. The number of aromatic nitrogens is 1. The van der Waals surface area contributed by atoms with Gasteiger partial charge in [0.25, 0.3) is 5.91 Å². The van der Waals surface area contributed by atoms with Crippen molar-refractivity contribution in [2.24, 2.45) is 5.92 Å². The van der Waals surface area contributed by atoms with Gasteiger partial charge in [0.15, 0.2) is 0 Å². The van der Waals surface area contributed by atoms with Crippen molar-refractivity contribution in [2.75, 3.05) is 13.2 Å². The lowest BCUT2D eigenvalue weighted by atomic mass is 9.93. The minimum Gasteiger partial charge on any atom is -0.480 e. The number of carboxylic acid groups (broad SMARTS) is 1. The monoisotopic (exact) mass is 348 g/mol. The number of carbonyl (C=O) groups is 2. The Kier molecular flexibility index (Phi) is 4.80. The first-order valence-corrected chi connectivity index (χ1v) is 7.89. The normalized spacial score (nSPS) is 18.7. The van der Waals surface area contributed by atoms with Crippen molar-refractivity contribution in [3.05, 3.63) is 46.0 Å². The van der Waals surface area contributed by atoms with Gasteiger partial charge in [0.1, 0.15) is 11.9 Å². The first-order valence-electron chi connectivity index (χ1n) is 7.89. The third kappa shape index (κ3) is 3.69. The number of amides is 1. The van der Waals surface area contributed by atoms with Gasteiger partial charge in [-0.3, -0.25) is 9.59 Å². The van der Waals surface area contributed by atoms with Gasteiger partial charge in [-0.05, 0) is 31.0 Å². The molecule has 0 spiro atoms. The highest BCUT2D eigenvalue weighted by Gasteiger charge is 2.32. The zero-order valence-corrected chi connectivity index (χ0v) is 13.3. The van der Waals surface area contributed by atoms with Crippen LogP contribution >= 0.6 is 0 Å². The Hall–Kier alpha value is -2.74. The van der Waals surface area contributed by atoms with E-state index in [1.807, 2.05) is 0 Å². The van der Waals surface area contributed by atoms with Crippen LogP contribution < -0.4 is 10.9 Å². The number of pyridine rings is 1. The van der Waals surface area contributed by atoms with Crippen molar-refractivity contribution in [3.8, 4) is 0 Å². The molecular weight excluding hydrogens is 331 g/mol. The predicted molar refractivity (Wildman–Crippen MR) is 87.0 cm³/mol. The van der Waals surface area contributed by atoms with Gasteiger partial charge in [-0.1, -0.05) is 0 Å². The van der Waals surface area contributed by atoms with E-state index in [-0.39, 0.29) is 23.6 Å². The molecule has 0 unspecified atom stereocenters. The van der Waals surface area contributed by atoms with Gasteiger partial charge in [0, 0.05) is 24.0 Å². The predicted octanol–water partition coefficient (Wildman–Crippen LogP) is 1.28. The van der Waals surface area contributed by atoms with Crippen molar-refractivity contribution in [2.45, 2.75) is 18.9 Å². The number of carboxylic acids is 1. The number of rotatable bonds is 4. The van der Waals surface area contributed by atoms with E-state index in [4.69, 9.17) is 4.74 Å². The Morgan fingerprint density at radius 2 is 2.16 bits per heavy atom.